The highest BCUT2D eigenvalue weighted by Gasteiger charge is 2.39. The summed E-state index contributed by atoms with van der Waals surface area (Å²) in [6.45, 7) is 2.19. The Balaban J connectivity index is 2.14. The lowest BCUT2D eigenvalue weighted by Gasteiger charge is -2.21. The van der Waals surface area contributed by atoms with Crippen molar-refractivity contribution in [2.45, 2.75) is 32.6 Å². The average molecular weight is 164 g/mol. The number of ketones is 1. The molecule has 0 N–H and O–H groups in total. The van der Waals surface area contributed by atoms with Gasteiger partial charge in [0.2, 0.25) is 0 Å². The van der Waals surface area contributed by atoms with Gasteiger partial charge in [-0.3, -0.25) is 4.79 Å². The van der Waals surface area contributed by atoms with Crippen LogP contribution in [0.25, 0.3) is 0 Å². The second kappa shape index (κ2) is 3.04. The lowest BCUT2D eigenvalue weighted by molar-refractivity contribution is -0.124. The smallest absolute Gasteiger partial charge is 0.143 e. The third kappa shape index (κ3) is 1.12. The van der Waals surface area contributed by atoms with E-state index in [1.807, 2.05) is 0 Å². The summed E-state index contributed by atoms with van der Waals surface area (Å²) in [4.78, 5) is 11.6. The van der Waals surface area contributed by atoms with Crippen LogP contribution in [0, 0.1) is 17.8 Å². The number of rotatable bonds is 2. The lowest BCUT2D eigenvalue weighted by atomic mass is 9.82. The van der Waals surface area contributed by atoms with Crippen LogP contribution in [0.5, 0.6) is 0 Å². The van der Waals surface area contributed by atoms with Gasteiger partial charge in [-0.1, -0.05) is 25.5 Å². The van der Waals surface area contributed by atoms with Crippen LogP contribution in [0.3, 0.4) is 0 Å². The van der Waals surface area contributed by atoms with E-state index in [1.165, 1.54) is 12.8 Å². The molecule has 12 heavy (non-hydrogen) atoms. The Hall–Kier alpha value is -0.590. The second-order valence-electron chi connectivity index (χ2n) is 4.03. The van der Waals surface area contributed by atoms with Gasteiger partial charge < -0.3 is 0 Å². The number of carbonyl (C=O) groups is 1. The zero-order chi connectivity index (χ0) is 8.55. The van der Waals surface area contributed by atoms with Crippen LogP contribution in [0.2, 0.25) is 0 Å². The Bertz CT molecular complexity index is 217. The molecule has 0 amide bonds. The lowest BCUT2D eigenvalue weighted by Crippen LogP contribution is -2.23. The summed E-state index contributed by atoms with van der Waals surface area (Å²) in [6.07, 6.45) is 9.07. The van der Waals surface area contributed by atoms with Crippen LogP contribution in [0.1, 0.15) is 32.6 Å². The van der Waals surface area contributed by atoms with Crippen molar-refractivity contribution in [1.82, 2.24) is 0 Å². The first kappa shape index (κ1) is 8.03. The zero-order valence-corrected chi connectivity index (χ0v) is 7.62. The first-order valence-corrected chi connectivity index (χ1v) is 5.05. The van der Waals surface area contributed by atoms with E-state index < -0.39 is 0 Å². The fraction of sp³-hybridized carbons (Fsp3) is 0.727. The quantitative estimate of drug-likeness (QED) is 0.573. The van der Waals surface area contributed by atoms with E-state index in [-0.39, 0.29) is 0 Å². The van der Waals surface area contributed by atoms with E-state index >= 15 is 0 Å². The number of fused-ring (bicyclic) bond motifs is 2. The molecule has 2 rings (SSSR count). The van der Waals surface area contributed by atoms with Crippen molar-refractivity contribution in [3.05, 3.63) is 12.2 Å². The van der Waals surface area contributed by atoms with Crippen LogP contribution < -0.4 is 0 Å². The number of hydrogen-bond donors (Lipinski definition) is 0. The van der Waals surface area contributed by atoms with E-state index in [0.717, 1.165) is 12.8 Å². The number of hydrogen-bond acceptors (Lipinski definition) is 1. The summed E-state index contributed by atoms with van der Waals surface area (Å²) < 4.78 is 0. The molecule has 1 saturated carbocycles. The van der Waals surface area contributed by atoms with Crippen molar-refractivity contribution in [3.63, 3.8) is 0 Å². The highest BCUT2D eigenvalue weighted by Crippen LogP contribution is 2.40. The van der Waals surface area contributed by atoms with Gasteiger partial charge in [0.15, 0.2) is 0 Å². The van der Waals surface area contributed by atoms with Crippen LogP contribution in [0.4, 0.5) is 0 Å². The standard InChI is InChI=1S/C11H16O/c1-2-3-8-4-5-9-6-7-10(8)11(9)12/h4-5,8-10H,2-3,6-7H2,1H3/t8-,9-,10-/m1/s1. The van der Waals surface area contributed by atoms with Crippen LogP contribution >= 0.6 is 0 Å². The van der Waals surface area contributed by atoms with Crippen molar-refractivity contribution in [1.29, 1.82) is 0 Å². The first-order valence-electron chi connectivity index (χ1n) is 5.05. The predicted octanol–water partition coefficient (Wildman–Crippen LogP) is 2.57. The van der Waals surface area contributed by atoms with Gasteiger partial charge in [-0.15, -0.1) is 0 Å². The fourth-order valence-electron chi connectivity index (χ4n) is 2.58. The molecule has 1 heteroatoms. The maximum Gasteiger partial charge on any atom is 0.143 e. The van der Waals surface area contributed by atoms with Gasteiger partial charge in [-0.05, 0) is 25.2 Å². The number of carbonyl (C=O) groups excluding carboxylic acids is 1. The summed E-state index contributed by atoms with van der Waals surface area (Å²) >= 11 is 0. The monoisotopic (exact) mass is 164 g/mol. The summed E-state index contributed by atoms with van der Waals surface area (Å²) in [5, 5.41) is 0. The van der Waals surface area contributed by atoms with Gasteiger partial charge in [0.05, 0.1) is 0 Å². The molecule has 2 bridgehead atoms. The van der Waals surface area contributed by atoms with E-state index in [9.17, 15) is 4.79 Å². The van der Waals surface area contributed by atoms with Gasteiger partial charge in [-0.2, -0.15) is 0 Å². The Labute approximate surface area is 73.8 Å². The topological polar surface area (TPSA) is 17.1 Å². The van der Waals surface area contributed by atoms with Crippen LogP contribution in [0.15, 0.2) is 12.2 Å². The fourth-order valence-corrected chi connectivity index (χ4v) is 2.58. The maximum atomic E-state index is 11.6. The SMILES string of the molecule is CCC[C@@H]1C=C[C@@H]2CC[C@H]1C2=O. The van der Waals surface area contributed by atoms with Crippen molar-refractivity contribution >= 4 is 5.78 Å². The maximum absolute atomic E-state index is 11.6. The van der Waals surface area contributed by atoms with Crippen molar-refractivity contribution in [3.8, 4) is 0 Å². The molecule has 1 fully saturated rings. The van der Waals surface area contributed by atoms with Gasteiger partial charge in [-0.25, -0.2) is 0 Å². The molecule has 66 valence electrons. The Morgan fingerprint density at radius 3 is 3.00 bits per heavy atom. The Morgan fingerprint density at radius 2 is 2.25 bits per heavy atom. The molecule has 0 heterocycles. The molecule has 2 aliphatic rings. The van der Waals surface area contributed by atoms with Crippen LogP contribution in [-0.4, -0.2) is 5.78 Å². The highest BCUT2D eigenvalue weighted by molar-refractivity contribution is 5.88. The van der Waals surface area contributed by atoms with Gasteiger partial charge in [0, 0.05) is 11.8 Å². The highest BCUT2D eigenvalue weighted by atomic mass is 16.1. The minimum Gasteiger partial charge on any atom is -0.299 e. The molecule has 0 aromatic heterocycles. The minimum absolute atomic E-state index is 0.295. The molecule has 0 saturated heterocycles. The summed E-state index contributed by atoms with van der Waals surface area (Å²) in [5.41, 5.74) is 0. The van der Waals surface area contributed by atoms with Crippen molar-refractivity contribution < 1.29 is 4.79 Å². The normalized spacial score (nSPS) is 39.1. The molecule has 3 atom stereocenters. The molecule has 0 spiro atoms. The van der Waals surface area contributed by atoms with Gasteiger partial charge in [0.25, 0.3) is 0 Å². The molecule has 1 nitrogen and oxygen atoms in total. The third-order valence-corrected chi connectivity index (χ3v) is 3.25. The van der Waals surface area contributed by atoms with Gasteiger partial charge in [0.1, 0.15) is 5.78 Å². The Kier molecular flexibility index (Phi) is 2.03. The zero-order valence-electron chi connectivity index (χ0n) is 7.62. The molecule has 0 aliphatic heterocycles. The van der Waals surface area contributed by atoms with E-state index in [0.29, 0.717) is 23.5 Å². The molecule has 0 aromatic rings. The molecule has 0 unspecified atom stereocenters. The second-order valence-corrected chi connectivity index (χ2v) is 4.03. The molecule has 0 radical (unpaired) electrons. The Morgan fingerprint density at radius 1 is 1.42 bits per heavy atom. The summed E-state index contributed by atoms with van der Waals surface area (Å²) in [6, 6.07) is 0. The molecular formula is C11H16O. The van der Waals surface area contributed by atoms with E-state index in [4.69, 9.17) is 0 Å². The van der Waals surface area contributed by atoms with Gasteiger partial charge >= 0.3 is 0 Å². The number of Topliss-reactive ketones (excluding diaryl/α,β-unsaturated/α-hetero) is 1. The number of allylic oxidation sites excluding steroid dienone is 2. The van der Waals surface area contributed by atoms with Crippen LogP contribution in [-0.2, 0) is 4.79 Å². The first-order chi connectivity index (χ1) is 5.83. The largest absolute Gasteiger partial charge is 0.299 e. The summed E-state index contributed by atoms with van der Waals surface area (Å²) in [5.74, 6) is 1.78. The van der Waals surface area contributed by atoms with E-state index in [2.05, 4.69) is 19.1 Å². The summed E-state index contributed by atoms with van der Waals surface area (Å²) in [7, 11) is 0. The van der Waals surface area contributed by atoms with Crippen molar-refractivity contribution in [2.75, 3.05) is 0 Å². The van der Waals surface area contributed by atoms with E-state index in [1.54, 1.807) is 0 Å². The molecular weight excluding hydrogens is 148 g/mol. The third-order valence-electron chi connectivity index (χ3n) is 3.25. The minimum atomic E-state index is 0.295. The molecule has 2 aliphatic carbocycles. The van der Waals surface area contributed by atoms with Crippen molar-refractivity contribution in [2.24, 2.45) is 17.8 Å². The predicted molar refractivity (Wildman–Crippen MR) is 48.8 cm³/mol. The average Bonchev–Trinajstić information content (AvgIpc) is 2.33. The molecule has 0 aromatic carbocycles.